The van der Waals surface area contributed by atoms with E-state index in [2.05, 4.69) is 98.6 Å². The summed E-state index contributed by atoms with van der Waals surface area (Å²) in [6, 6.07) is 47.5. The number of aromatic nitrogens is 2. The van der Waals surface area contributed by atoms with Crippen LogP contribution in [0.2, 0.25) is 0 Å². The van der Waals surface area contributed by atoms with E-state index in [-0.39, 0.29) is 26.5 Å². The van der Waals surface area contributed by atoms with Crippen LogP contribution in [0, 0.1) is 12.1 Å². The van der Waals surface area contributed by atoms with Crippen LogP contribution in [0.5, 0.6) is 23.3 Å². The Bertz CT molecular complexity index is 1870. The Kier molecular flexibility index (Phi) is 7.96. The number of rotatable bonds is 6. The van der Waals surface area contributed by atoms with Gasteiger partial charge in [-0.15, -0.1) is 29.8 Å². The molecule has 2 heterocycles. The number of hydrogen-bond donors (Lipinski definition) is 0. The standard InChI is InChI=1S/C39H30N2O2.Pt/c1-38(2,3)28-25-35(41-37(26-28)42-29-15-5-4-6-16-29)39(27-14-13-17-30(24-27)43-36-22-11-12-23-40-36)33-20-9-7-18-31(33)32-19-8-10-21-34(32)39;/h4-15,17-23,25-26H,1-3H3;/q-2;+2. The van der Waals surface area contributed by atoms with E-state index in [4.69, 9.17) is 14.5 Å². The normalized spacial score (nSPS) is 12.9. The van der Waals surface area contributed by atoms with E-state index in [1.165, 1.54) is 11.1 Å². The maximum atomic E-state index is 6.36. The van der Waals surface area contributed by atoms with Crippen LogP contribution >= 0.6 is 0 Å². The van der Waals surface area contributed by atoms with E-state index >= 15 is 0 Å². The molecule has 2 aromatic heterocycles. The van der Waals surface area contributed by atoms with Crippen LogP contribution in [0.15, 0.2) is 128 Å². The average Bonchev–Trinajstić information content (AvgIpc) is 3.33. The molecule has 6 aromatic rings. The fourth-order valence-electron chi connectivity index (χ4n) is 5.92. The topological polar surface area (TPSA) is 44.2 Å². The molecule has 0 atom stereocenters. The molecule has 0 saturated carbocycles. The first-order chi connectivity index (χ1) is 20.9. The van der Waals surface area contributed by atoms with Crippen molar-refractivity contribution in [2.75, 3.05) is 0 Å². The van der Waals surface area contributed by atoms with Gasteiger partial charge >= 0.3 is 21.1 Å². The van der Waals surface area contributed by atoms with Gasteiger partial charge in [0.25, 0.3) is 0 Å². The monoisotopic (exact) mass is 753 g/mol. The summed E-state index contributed by atoms with van der Waals surface area (Å²) in [5.74, 6) is 2.23. The third-order valence-corrected chi connectivity index (χ3v) is 7.92. The third-order valence-electron chi connectivity index (χ3n) is 7.92. The second-order valence-electron chi connectivity index (χ2n) is 11.7. The van der Waals surface area contributed by atoms with Crippen molar-refractivity contribution in [1.82, 2.24) is 9.97 Å². The van der Waals surface area contributed by atoms with Crippen molar-refractivity contribution in [1.29, 1.82) is 0 Å². The van der Waals surface area contributed by atoms with Crippen LogP contribution in [-0.2, 0) is 31.9 Å². The fraction of sp³-hybridized carbons (Fsp3) is 0.128. The summed E-state index contributed by atoms with van der Waals surface area (Å²) in [6.07, 6.45) is 1.72. The van der Waals surface area contributed by atoms with E-state index in [1.807, 2.05) is 60.7 Å². The first-order valence-electron chi connectivity index (χ1n) is 14.4. The molecule has 0 unspecified atom stereocenters. The summed E-state index contributed by atoms with van der Waals surface area (Å²) in [4.78, 5) is 9.63. The van der Waals surface area contributed by atoms with Crippen molar-refractivity contribution in [2.24, 2.45) is 0 Å². The van der Waals surface area contributed by atoms with E-state index < -0.39 is 5.41 Å². The van der Waals surface area contributed by atoms with Crippen LogP contribution in [0.4, 0.5) is 0 Å². The molecule has 44 heavy (non-hydrogen) atoms. The zero-order valence-corrected chi connectivity index (χ0v) is 26.9. The molecule has 4 aromatic carbocycles. The van der Waals surface area contributed by atoms with Crippen LogP contribution in [0.3, 0.4) is 0 Å². The van der Waals surface area contributed by atoms with Crippen LogP contribution in [-0.4, -0.2) is 9.97 Å². The van der Waals surface area contributed by atoms with E-state index in [1.54, 1.807) is 6.20 Å². The second-order valence-corrected chi connectivity index (χ2v) is 11.7. The predicted molar refractivity (Wildman–Crippen MR) is 169 cm³/mol. The molecule has 0 aliphatic heterocycles. The largest absolute Gasteiger partial charge is 2.00 e. The van der Waals surface area contributed by atoms with Gasteiger partial charge in [0.15, 0.2) is 0 Å². The average molecular weight is 754 g/mol. The van der Waals surface area contributed by atoms with Gasteiger partial charge in [0, 0.05) is 29.8 Å². The molecular formula is C39H30N2O2Pt. The number of hydrogen-bond acceptors (Lipinski definition) is 4. The van der Waals surface area contributed by atoms with Gasteiger partial charge in [-0.1, -0.05) is 75.4 Å². The summed E-state index contributed by atoms with van der Waals surface area (Å²) in [5, 5.41) is 0. The van der Waals surface area contributed by atoms with Gasteiger partial charge < -0.3 is 9.47 Å². The summed E-state index contributed by atoms with van der Waals surface area (Å²) in [6.45, 7) is 6.63. The predicted octanol–water partition coefficient (Wildman–Crippen LogP) is 9.32. The number of para-hydroxylation sites is 1. The minimum Gasteiger partial charge on any atom is -0.466 e. The molecule has 0 fully saturated rings. The van der Waals surface area contributed by atoms with Gasteiger partial charge in [-0.3, -0.25) is 0 Å². The number of ether oxygens (including phenoxy) is 2. The number of benzene rings is 4. The molecule has 5 heteroatoms. The van der Waals surface area contributed by atoms with Gasteiger partial charge in [0.2, 0.25) is 11.8 Å². The quantitative estimate of drug-likeness (QED) is 0.159. The zero-order chi connectivity index (χ0) is 29.4. The Hall–Kier alpha value is -4.53. The first-order valence-corrected chi connectivity index (χ1v) is 14.4. The van der Waals surface area contributed by atoms with Crippen molar-refractivity contribution < 1.29 is 30.5 Å². The molecular weight excluding hydrogens is 724 g/mol. The molecule has 0 spiro atoms. The fourth-order valence-corrected chi connectivity index (χ4v) is 5.92. The number of pyridine rings is 2. The Morgan fingerprint density at radius 2 is 1.32 bits per heavy atom. The van der Waals surface area contributed by atoms with Gasteiger partial charge in [-0.25, -0.2) is 9.97 Å². The Labute approximate surface area is 273 Å². The maximum Gasteiger partial charge on any atom is 2.00 e. The molecule has 0 amide bonds. The van der Waals surface area contributed by atoms with Crippen molar-refractivity contribution in [3.63, 3.8) is 0 Å². The molecule has 0 radical (unpaired) electrons. The molecule has 0 N–H and O–H groups in total. The van der Waals surface area contributed by atoms with Crippen molar-refractivity contribution in [2.45, 2.75) is 31.6 Å². The molecule has 0 bridgehead atoms. The molecule has 0 saturated heterocycles. The molecule has 7 rings (SSSR count). The van der Waals surface area contributed by atoms with E-state index in [0.29, 0.717) is 23.3 Å². The zero-order valence-electron chi connectivity index (χ0n) is 24.7. The van der Waals surface area contributed by atoms with Crippen LogP contribution in [0.1, 0.15) is 48.7 Å². The molecule has 1 aliphatic rings. The second kappa shape index (κ2) is 11.9. The molecule has 1 aliphatic carbocycles. The molecule has 4 nitrogen and oxygen atoms in total. The van der Waals surface area contributed by atoms with Gasteiger partial charge in [0.1, 0.15) is 0 Å². The van der Waals surface area contributed by atoms with Gasteiger partial charge in [-0.05, 0) is 45.4 Å². The van der Waals surface area contributed by atoms with E-state index in [0.717, 1.165) is 27.9 Å². The SMILES string of the molecule is CC(C)(C)c1cc(Oc2[c-]cccc2)nc(C2(c3[c-]c(Oc4ccccn4)ccc3)c3ccccc3-c3ccccc32)c1.[Pt+2]. The maximum absolute atomic E-state index is 6.36. The Morgan fingerprint density at radius 1 is 0.659 bits per heavy atom. The van der Waals surface area contributed by atoms with E-state index in [9.17, 15) is 0 Å². The summed E-state index contributed by atoms with van der Waals surface area (Å²) >= 11 is 0. The van der Waals surface area contributed by atoms with Crippen molar-refractivity contribution >= 4 is 0 Å². The number of fused-ring (bicyclic) bond motifs is 3. The Balaban J connectivity index is 0.00000343. The van der Waals surface area contributed by atoms with Crippen molar-refractivity contribution in [3.05, 3.63) is 168 Å². The summed E-state index contributed by atoms with van der Waals surface area (Å²) < 4.78 is 12.6. The third kappa shape index (κ3) is 5.25. The summed E-state index contributed by atoms with van der Waals surface area (Å²) in [5.41, 5.74) is 6.57. The van der Waals surface area contributed by atoms with Gasteiger partial charge in [-0.2, -0.15) is 30.3 Å². The van der Waals surface area contributed by atoms with Crippen LogP contribution in [0.25, 0.3) is 11.1 Å². The number of nitrogens with zero attached hydrogens (tertiary/aromatic N) is 2. The summed E-state index contributed by atoms with van der Waals surface area (Å²) in [7, 11) is 0. The van der Waals surface area contributed by atoms with Crippen molar-refractivity contribution in [3.8, 4) is 34.4 Å². The minimum absolute atomic E-state index is 0. The molecule has 218 valence electrons. The van der Waals surface area contributed by atoms with Crippen LogP contribution < -0.4 is 9.47 Å². The Morgan fingerprint density at radius 3 is 1.98 bits per heavy atom. The van der Waals surface area contributed by atoms with Gasteiger partial charge in [0.05, 0.1) is 11.1 Å². The first kappa shape index (κ1) is 29.5. The smallest absolute Gasteiger partial charge is 0.466 e. The minimum atomic E-state index is -0.781.